The number of para-hydroxylation sites is 1. The summed E-state index contributed by atoms with van der Waals surface area (Å²) >= 11 is 0. The number of carbonyl (C=O) groups excluding carboxylic acids is 1. The Morgan fingerprint density at radius 2 is 1.88 bits per heavy atom. The molecule has 4 nitrogen and oxygen atoms in total. The summed E-state index contributed by atoms with van der Waals surface area (Å²) in [5.74, 6) is -0.317. The lowest BCUT2D eigenvalue weighted by atomic mass is 9.96. The normalized spacial score (nSPS) is 25.8. The van der Waals surface area contributed by atoms with Gasteiger partial charge in [0.25, 0.3) is 5.91 Å². The van der Waals surface area contributed by atoms with Crippen molar-refractivity contribution in [3.63, 3.8) is 0 Å². The van der Waals surface area contributed by atoms with Gasteiger partial charge in [0.1, 0.15) is 5.82 Å². The number of anilines is 1. The van der Waals surface area contributed by atoms with E-state index in [1.807, 2.05) is 29.2 Å². The molecular weight excluding hydrogens is 307 g/mol. The quantitative estimate of drug-likeness (QED) is 0.892. The van der Waals surface area contributed by atoms with E-state index in [0.29, 0.717) is 25.1 Å². The van der Waals surface area contributed by atoms with Crippen LogP contribution in [0.1, 0.15) is 34.8 Å². The number of aliphatic hydroxyl groups is 1. The van der Waals surface area contributed by atoms with E-state index in [9.17, 15) is 14.3 Å². The van der Waals surface area contributed by atoms with Gasteiger partial charge in [0.2, 0.25) is 0 Å². The molecule has 124 valence electrons. The molecule has 4 rings (SSSR count). The Kier molecular flexibility index (Phi) is 3.73. The number of carbonyl (C=O) groups is 1. The Labute approximate surface area is 139 Å². The molecule has 2 N–H and O–H groups in total. The van der Waals surface area contributed by atoms with E-state index in [1.54, 1.807) is 18.2 Å². The number of nitrogens with zero attached hydrogens (tertiary/aromatic N) is 1. The van der Waals surface area contributed by atoms with Crippen LogP contribution in [0.5, 0.6) is 0 Å². The van der Waals surface area contributed by atoms with E-state index in [1.165, 1.54) is 6.07 Å². The van der Waals surface area contributed by atoms with E-state index in [0.717, 1.165) is 11.1 Å². The van der Waals surface area contributed by atoms with Gasteiger partial charge in [-0.1, -0.05) is 30.3 Å². The van der Waals surface area contributed by atoms with Gasteiger partial charge in [0.05, 0.1) is 23.9 Å². The number of rotatable bonds is 2. The first-order valence-corrected chi connectivity index (χ1v) is 8.24. The highest BCUT2D eigenvalue weighted by atomic mass is 19.1. The smallest absolute Gasteiger partial charge is 0.254 e. The summed E-state index contributed by atoms with van der Waals surface area (Å²) in [6.45, 7) is 0.509. The van der Waals surface area contributed by atoms with Crippen LogP contribution in [-0.4, -0.2) is 34.6 Å². The summed E-state index contributed by atoms with van der Waals surface area (Å²) in [4.78, 5) is 14.4. The molecule has 0 radical (unpaired) electrons. The topological polar surface area (TPSA) is 52.6 Å². The Morgan fingerprint density at radius 3 is 2.71 bits per heavy atom. The second-order valence-electron chi connectivity index (χ2n) is 6.42. The van der Waals surface area contributed by atoms with Gasteiger partial charge in [-0.15, -0.1) is 0 Å². The van der Waals surface area contributed by atoms with E-state index >= 15 is 0 Å². The number of hydrogen-bond acceptors (Lipinski definition) is 3. The number of hydrogen-bond donors (Lipinski definition) is 2. The Hall–Kier alpha value is -2.40. The van der Waals surface area contributed by atoms with Crippen LogP contribution >= 0.6 is 0 Å². The van der Waals surface area contributed by atoms with Crippen LogP contribution in [-0.2, 0) is 0 Å². The molecule has 0 unspecified atom stereocenters. The van der Waals surface area contributed by atoms with Crippen LogP contribution in [0, 0.1) is 5.82 Å². The predicted molar refractivity (Wildman–Crippen MR) is 89.3 cm³/mol. The zero-order valence-electron chi connectivity index (χ0n) is 13.2. The van der Waals surface area contributed by atoms with Gasteiger partial charge in [0.15, 0.2) is 0 Å². The molecule has 0 bridgehead atoms. The van der Waals surface area contributed by atoms with Crippen LogP contribution < -0.4 is 5.32 Å². The number of nitrogens with one attached hydrogen (secondary N) is 1. The number of halogens is 1. The van der Waals surface area contributed by atoms with Gasteiger partial charge in [0, 0.05) is 12.1 Å². The maximum Gasteiger partial charge on any atom is 0.254 e. The number of benzene rings is 2. The summed E-state index contributed by atoms with van der Waals surface area (Å²) < 4.78 is 13.9. The summed E-state index contributed by atoms with van der Waals surface area (Å²) in [6, 6.07) is 13.7. The molecule has 0 aromatic heterocycles. The van der Waals surface area contributed by atoms with Crippen LogP contribution in [0.4, 0.5) is 10.1 Å². The first-order chi connectivity index (χ1) is 11.6. The van der Waals surface area contributed by atoms with Crippen molar-refractivity contribution >= 4 is 11.6 Å². The summed E-state index contributed by atoms with van der Waals surface area (Å²) in [5.41, 5.74) is 2.12. The van der Waals surface area contributed by atoms with E-state index in [-0.39, 0.29) is 23.8 Å². The zero-order chi connectivity index (χ0) is 16.7. The van der Waals surface area contributed by atoms with Crippen molar-refractivity contribution in [2.75, 3.05) is 11.9 Å². The maximum absolute atomic E-state index is 13.9. The standard InChI is InChI=1S/C19H19FN2O2/c20-14-7-3-4-8-15(14)21-16-11-17-12-5-1-2-6-13(12)19(24)22(17)10-9-18(16)23/h1-8,16-18,21,23H,9-11H2/t16-,17-,18-/m0/s1. The minimum atomic E-state index is -0.629. The maximum atomic E-state index is 13.9. The lowest BCUT2D eigenvalue weighted by Crippen LogP contribution is -2.34. The second-order valence-corrected chi connectivity index (χ2v) is 6.42. The van der Waals surface area contributed by atoms with Gasteiger partial charge in [-0.2, -0.15) is 0 Å². The fraction of sp³-hybridized carbons (Fsp3) is 0.316. The zero-order valence-corrected chi connectivity index (χ0v) is 13.2. The molecular formula is C19H19FN2O2. The molecule has 2 aromatic carbocycles. The van der Waals surface area contributed by atoms with Gasteiger partial charge >= 0.3 is 0 Å². The Morgan fingerprint density at radius 1 is 1.12 bits per heavy atom. The lowest BCUT2D eigenvalue weighted by Gasteiger charge is -2.26. The van der Waals surface area contributed by atoms with Crippen LogP contribution in [0.3, 0.4) is 0 Å². The molecule has 1 fully saturated rings. The third kappa shape index (κ3) is 2.45. The summed E-state index contributed by atoms with van der Waals surface area (Å²) in [7, 11) is 0. The Bertz CT molecular complexity index is 779. The van der Waals surface area contributed by atoms with Crippen molar-refractivity contribution in [1.29, 1.82) is 0 Å². The highest BCUT2D eigenvalue weighted by Gasteiger charge is 2.41. The van der Waals surface area contributed by atoms with Crippen molar-refractivity contribution < 1.29 is 14.3 Å². The third-order valence-electron chi connectivity index (χ3n) is 5.01. The summed E-state index contributed by atoms with van der Waals surface area (Å²) in [5, 5.41) is 13.6. The molecule has 2 heterocycles. The van der Waals surface area contributed by atoms with E-state index in [2.05, 4.69) is 5.32 Å². The molecule has 0 saturated carbocycles. The molecule has 1 amide bonds. The molecule has 0 spiro atoms. The van der Waals surface area contributed by atoms with Crippen LogP contribution in [0.25, 0.3) is 0 Å². The van der Waals surface area contributed by atoms with Crippen molar-refractivity contribution in [2.24, 2.45) is 0 Å². The monoisotopic (exact) mass is 326 g/mol. The van der Waals surface area contributed by atoms with Gasteiger partial charge in [-0.3, -0.25) is 4.79 Å². The largest absolute Gasteiger partial charge is 0.391 e. The molecule has 0 aliphatic carbocycles. The fourth-order valence-electron chi connectivity index (χ4n) is 3.76. The average molecular weight is 326 g/mol. The Balaban J connectivity index is 1.64. The average Bonchev–Trinajstić information content (AvgIpc) is 2.75. The van der Waals surface area contributed by atoms with E-state index in [4.69, 9.17) is 0 Å². The number of fused-ring (bicyclic) bond motifs is 3. The SMILES string of the molecule is O=C1c2ccccc2[C@@H]2C[C@H](Nc3ccccc3F)[C@@H](O)CCN12. The van der Waals surface area contributed by atoms with E-state index < -0.39 is 6.10 Å². The van der Waals surface area contributed by atoms with Crippen LogP contribution in [0.2, 0.25) is 0 Å². The lowest BCUT2D eigenvalue weighted by molar-refractivity contribution is 0.0724. The molecule has 3 atom stereocenters. The third-order valence-corrected chi connectivity index (χ3v) is 5.01. The number of aliphatic hydroxyl groups excluding tert-OH is 1. The van der Waals surface area contributed by atoms with Gasteiger partial charge < -0.3 is 15.3 Å². The van der Waals surface area contributed by atoms with Crippen molar-refractivity contribution in [2.45, 2.75) is 31.0 Å². The molecule has 2 aliphatic rings. The molecule has 5 heteroatoms. The first-order valence-electron chi connectivity index (χ1n) is 8.24. The van der Waals surface area contributed by atoms with Crippen molar-refractivity contribution in [3.8, 4) is 0 Å². The van der Waals surface area contributed by atoms with Crippen molar-refractivity contribution in [1.82, 2.24) is 4.90 Å². The second kappa shape index (κ2) is 5.91. The fourth-order valence-corrected chi connectivity index (χ4v) is 3.76. The predicted octanol–water partition coefficient (Wildman–Crippen LogP) is 2.96. The molecule has 24 heavy (non-hydrogen) atoms. The highest BCUT2D eigenvalue weighted by molar-refractivity contribution is 5.99. The summed E-state index contributed by atoms with van der Waals surface area (Å²) in [6.07, 6.45) is 0.399. The van der Waals surface area contributed by atoms with Gasteiger partial charge in [-0.05, 0) is 36.6 Å². The minimum absolute atomic E-state index is 0.0225. The number of amides is 1. The minimum Gasteiger partial charge on any atom is -0.391 e. The molecule has 2 aromatic rings. The highest BCUT2D eigenvalue weighted by Crippen LogP contribution is 2.39. The first kappa shape index (κ1) is 15.1. The molecule has 1 saturated heterocycles. The van der Waals surface area contributed by atoms with Gasteiger partial charge in [-0.25, -0.2) is 4.39 Å². The van der Waals surface area contributed by atoms with Crippen LogP contribution in [0.15, 0.2) is 48.5 Å². The molecule has 2 aliphatic heterocycles. The van der Waals surface area contributed by atoms with Crippen molar-refractivity contribution in [3.05, 3.63) is 65.5 Å².